The first-order chi connectivity index (χ1) is 6.91. The Bertz CT molecular complexity index is 391. The van der Waals surface area contributed by atoms with Gasteiger partial charge in [-0.1, -0.05) is 0 Å². The van der Waals surface area contributed by atoms with Gasteiger partial charge in [-0.15, -0.1) is 0 Å². The molecule has 0 spiro atoms. The highest BCUT2D eigenvalue weighted by Gasteiger charge is 2.27. The number of carbonyl (C=O) groups excluding carboxylic acids is 1. The quantitative estimate of drug-likeness (QED) is 0.326. The molecule has 0 radical (unpaired) electrons. The van der Waals surface area contributed by atoms with Gasteiger partial charge in [-0.2, -0.15) is 0 Å². The molecule has 1 rings (SSSR count). The molecule has 0 saturated heterocycles. The van der Waals surface area contributed by atoms with E-state index in [1.165, 1.54) is 0 Å². The van der Waals surface area contributed by atoms with Crippen LogP contribution in [0.3, 0.4) is 0 Å². The van der Waals surface area contributed by atoms with Gasteiger partial charge in [0.2, 0.25) is 12.2 Å². The van der Waals surface area contributed by atoms with Crippen molar-refractivity contribution in [2.75, 3.05) is 11.9 Å². The number of amides is 1. The van der Waals surface area contributed by atoms with Crippen LogP contribution >= 0.6 is 0 Å². The second-order valence-corrected chi connectivity index (χ2v) is 2.63. The van der Waals surface area contributed by atoms with Crippen molar-refractivity contribution in [1.29, 1.82) is 0 Å². The van der Waals surface area contributed by atoms with E-state index in [1.54, 1.807) is 0 Å². The zero-order valence-corrected chi connectivity index (χ0v) is 7.32. The normalized spacial score (nSPS) is 10.3. The molecule has 0 aliphatic rings. The van der Waals surface area contributed by atoms with Crippen molar-refractivity contribution in [3.63, 3.8) is 0 Å². The van der Waals surface area contributed by atoms with Crippen molar-refractivity contribution in [3.05, 3.63) is 29.1 Å². The Morgan fingerprint density at radius 3 is 1.53 bits per heavy atom. The maximum absolute atomic E-state index is 12.9. The van der Waals surface area contributed by atoms with E-state index < -0.39 is 34.8 Å². The highest BCUT2D eigenvalue weighted by molar-refractivity contribution is 5.74. The van der Waals surface area contributed by atoms with Gasteiger partial charge in [0.05, 0.1) is 0 Å². The molecular formula is C8H4F5NO. The highest BCUT2D eigenvalue weighted by atomic mass is 19.2. The summed E-state index contributed by atoms with van der Waals surface area (Å²) in [6.07, 6.45) is -0.0712. The van der Waals surface area contributed by atoms with E-state index in [0.717, 1.165) is 7.05 Å². The lowest BCUT2D eigenvalue weighted by Gasteiger charge is -2.13. The zero-order valence-electron chi connectivity index (χ0n) is 7.32. The molecule has 1 aromatic carbocycles. The summed E-state index contributed by atoms with van der Waals surface area (Å²) < 4.78 is 63.6. The average Bonchev–Trinajstić information content (AvgIpc) is 2.23. The zero-order chi connectivity index (χ0) is 11.7. The van der Waals surface area contributed by atoms with Crippen molar-refractivity contribution in [1.82, 2.24) is 0 Å². The van der Waals surface area contributed by atoms with Crippen molar-refractivity contribution in [2.24, 2.45) is 0 Å². The number of halogens is 5. The Hall–Kier alpha value is -1.66. The number of carbonyl (C=O) groups is 1. The van der Waals surface area contributed by atoms with E-state index in [2.05, 4.69) is 0 Å². The number of nitrogens with zero attached hydrogens (tertiary/aromatic N) is 1. The first kappa shape index (κ1) is 11.4. The largest absolute Gasteiger partial charge is 0.313 e. The van der Waals surface area contributed by atoms with Crippen LogP contribution in [0.2, 0.25) is 0 Å². The van der Waals surface area contributed by atoms with Crippen molar-refractivity contribution >= 4 is 12.1 Å². The standard InChI is InChI=1S/C8H4F5NO/c1-14(2-15)8-6(12)4(10)3(9)5(11)7(8)13/h2H,1H3. The minimum Gasteiger partial charge on any atom is -0.313 e. The second kappa shape index (κ2) is 3.84. The van der Waals surface area contributed by atoms with Crippen LogP contribution < -0.4 is 4.90 Å². The molecule has 0 aliphatic heterocycles. The summed E-state index contributed by atoms with van der Waals surface area (Å²) in [5, 5.41) is 0. The molecule has 15 heavy (non-hydrogen) atoms. The molecule has 82 valence electrons. The van der Waals surface area contributed by atoms with E-state index in [1.807, 2.05) is 0 Å². The van der Waals surface area contributed by atoms with Gasteiger partial charge in [0.15, 0.2) is 23.3 Å². The summed E-state index contributed by atoms with van der Waals surface area (Å²) in [4.78, 5) is 10.4. The van der Waals surface area contributed by atoms with Gasteiger partial charge in [-0.05, 0) is 0 Å². The molecule has 0 atom stereocenters. The Labute approximate surface area is 80.9 Å². The summed E-state index contributed by atoms with van der Waals surface area (Å²) in [5.41, 5.74) is -1.28. The third-order valence-corrected chi connectivity index (χ3v) is 1.70. The Morgan fingerprint density at radius 2 is 1.20 bits per heavy atom. The summed E-state index contributed by atoms with van der Waals surface area (Å²) in [5.74, 6) is -10.5. The fraction of sp³-hybridized carbons (Fsp3) is 0.125. The Morgan fingerprint density at radius 1 is 0.867 bits per heavy atom. The third kappa shape index (κ3) is 1.64. The van der Waals surface area contributed by atoms with Gasteiger partial charge in [-0.3, -0.25) is 4.79 Å². The Balaban J connectivity index is 3.59. The lowest BCUT2D eigenvalue weighted by Crippen LogP contribution is -2.19. The molecule has 0 saturated carbocycles. The van der Waals surface area contributed by atoms with Crippen LogP contribution in [-0.4, -0.2) is 13.5 Å². The molecule has 0 heterocycles. The molecule has 0 bridgehead atoms. The van der Waals surface area contributed by atoms with Crippen molar-refractivity contribution < 1.29 is 26.7 Å². The lowest BCUT2D eigenvalue weighted by molar-refractivity contribution is -0.107. The van der Waals surface area contributed by atoms with Gasteiger partial charge in [0.25, 0.3) is 0 Å². The van der Waals surface area contributed by atoms with E-state index >= 15 is 0 Å². The van der Waals surface area contributed by atoms with Gasteiger partial charge < -0.3 is 4.90 Å². The molecule has 0 fully saturated rings. The molecule has 2 nitrogen and oxygen atoms in total. The van der Waals surface area contributed by atoms with E-state index in [-0.39, 0.29) is 11.3 Å². The molecule has 0 N–H and O–H groups in total. The Kier molecular flexibility index (Phi) is 2.92. The fourth-order valence-corrected chi connectivity index (χ4v) is 0.956. The third-order valence-electron chi connectivity index (χ3n) is 1.70. The topological polar surface area (TPSA) is 20.3 Å². The van der Waals surface area contributed by atoms with Gasteiger partial charge in [0.1, 0.15) is 5.69 Å². The summed E-state index contributed by atoms with van der Waals surface area (Å²) in [6, 6.07) is 0. The fourth-order valence-electron chi connectivity index (χ4n) is 0.956. The molecule has 1 amide bonds. The summed E-state index contributed by atoms with van der Waals surface area (Å²) in [6.45, 7) is 0. The first-order valence-electron chi connectivity index (χ1n) is 3.61. The minimum absolute atomic E-state index is 0.0712. The van der Waals surface area contributed by atoms with Crippen LogP contribution in [0, 0.1) is 29.1 Å². The van der Waals surface area contributed by atoms with Crippen LogP contribution in [-0.2, 0) is 4.79 Å². The average molecular weight is 225 g/mol. The number of rotatable bonds is 2. The summed E-state index contributed by atoms with van der Waals surface area (Å²) in [7, 11) is 0.866. The maximum atomic E-state index is 12.9. The molecule has 7 heteroatoms. The van der Waals surface area contributed by atoms with Crippen LogP contribution in [0.4, 0.5) is 27.6 Å². The minimum atomic E-state index is -2.26. The van der Waals surface area contributed by atoms with Crippen LogP contribution in [0.1, 0.15) is 0 Å². The highest BCUT2D eigenvalue weighted by Crippen LogP contribution is 2.28. The lowest BCUT2D eigenvalue weighted by atomic mass is 10.2. The summed E-state index contributed by atoms with van der Waals surface area (Å²) >= 11 is 0. The SMILES string of the molecule is CN(C=O)c1c(F)c(F)c(F)c(F)c1F. The smallest absolute Gasteiger partial charge is 0.214 e. The number of hydrogen-bond acceptors (Lipinski definition) is 1. The molecule has 0 aromatic heterocycles. The number of anilines is 1. The van der Waals surface area contributed by atoms with Crippen LogP contribution in [0.15, 0.2) is 0 Å². The molecule has 0 unspecified atom stereocenters. The molecule has 0 aliphatic carbocycles. The van der Waals surface area contributed by atoms with E-state index in [4.69, 9.17) is 0 Å². The second-order valence-electron chi connectivity index (χ2n) is 2.63. The van der Waals surface area contributed by atoms with Crippen LogP contribution in [0.25, 0.3) is 0 Å². The van der Waals surface area contributed by atoms with Gasteiger partial charge >= 0.3 is 0 Å². The van der Waals surface area contributed by atoms with Gasteiger partial charge in [-0.25, -0.2) is 22.0 Å². The van der Waals surface area contributed by atoms with E-state index in [9.17, 15) is 26.7 Å². The van der Waals surface area contributed by atoms with Crippen molar-refractivity contribution in [3.8, 4) is 0 Å². The number of benzene rings is 1. The monoisotopic (exact) mass is 225 g/mol. The van der Waals surface area contributed by atoms with E-state index in [0.29, 0.717) is 0 Å². The molecule has 1 aromatic rings. The predicted molar refractivity (Wildman–Crippen MR) is 40.7 cm³/mol. The molecular weight excluding hydrogens is 221 g/mol. The van der Waals surface area contributed by atoms with Crippen LogP contribution in [0.5, 0.6) is 0 Å². The first-order valence-corrected chi connectivity index (χ1v) is 3.61. The predicted octanol–water partition coefficient (Wildman–Crippen LogP) is 1.97. The van der Waals surface area contributed by atoms with Crippen molar-refractivity contribution in [2.45, 2.75) is 0 Å². The maximum Gasteiger partial charge on any atom is 0.214 e. The number of hydrogen-bond donors (Lipinski definition) is 0. The van der Waals surface area contributed by atoms with Gasteiger partial charge in [0, 0.05) is 7.05 Å².